The number of nitrogens with one attached hydrogen (secondary N) is 2. The van der Waals surface area contributed by atoms with Crippen LogP contribution in [0.15, 0.2) is 48.5 Å². The van der Waals surface area contributed by atoms with Crippen LogP contribution < -0.4 is 10.2 Å². The fraction of sp³-hybridized carbons (Fsp3) is 0.273. The first-order valence-electron chi connectivity index (χ1n) is 9.43. The minimum atomic E-state index is -0.368. The Labute approximate surface area is 175 Å². The van der Waals surface area contributed by atoms with Gasteiger partial charge in [-0.05, 0) is 56.3 Å². The number of hydrogen-bond acceptors (Lipinski definition) is 2. The van der Waals surface area contributed by atoms with Gasteiger partial charge in [0.1, 0.15) is 11.9 Å². The van der Waals surface area contributed by atoms with Crippen LogP contribution in [-0.2, 0) is 0 Å². The number of nitrogens with zero attached hydrogens (tertiary/aromatic N) is 2. The Balaban J connectivity index is 1.73. The number of amides is 1. The molecule has 0 aliphatic heterocycles. The predicted molar refractivity (Wildman–Crippen MR) is 112 cm³/mol. The van der Waals surface area contributed by atoms with Crippen molar-refractivity contribution < 1.29 is 14.1 Å². The number of rotatable bonds is 6. The van der Waals surface area contributed by atoms with E-state index in [1.165, 1.54) is 6.07 Å². The quantitative estimate of drug-likeness (QED) is 0.650. The number of hydrogen-bond donors (Lipinski definition) is 2. The van der Waals surface area contributed by atoms with Crippen LogP contribution in [0.1, 0.15) is 33.4 Å². The van der Waals surface area contributed by atoms with E-state index in [0.717, 1.165) is 22.0 Å². The monoisotopic (exact) mass is 415 g/mol. The van der Waals surface area contributed by atoms with Gasteiger partial charge in [0.05, 0.1) is 42.6 Å². The molecule has 0 unspecified atom stereocenters. The number of carbonyl (C=O) groups excluding carboxylic acids is 1. The summed E-state index contributed by atoms with van der Waals surface area (Å²) in [7, 11) is 3.81. The lowest BCUT2D eigenvalue weighted by Gasteiger charge is -2.23. The summed E-state index contributed by atoms with van der Waals surface area (Å²) in [6, 6.07) is 13.6. The molecular formula is C22H25ClFN4O+. The summed E-state index contributed by atoms with van der Waals surface area (Å²) < 4.78 is 16.2. The second kappa shape index (κ2) is 8.76. The summed E-state index contributed by atoms with van der Waals surface area (Å²) in [5, 5.41) is 7.71. The van der Waals surface area contributed by atoms with Crippen molar-refractivity contribution in [2.45, 2.75) is 19.9 Å². The number of carbonyl (C=O) groups is 1. The SMILES string of the molecule is Cc1cc(C)n(-c2ccc(C(=O)NC[C@H](c3c(F)cccc3Cl)[NH+](C)C)cc2)n1. The van der Waals surface area contributed by atoms with Gasteiger partial charge in [-0.3, -0.25) is 4.79 Å². The van der Waals surface area contributed by atoms with Gasteiger partial charge in [-0.2, -0.15) is 5.10 Å². The summed E-state index contributed by atoms with van der Waals surface area (Å²) >= 11 is 6.22. The number of likely N-dealkylation sites (N-methyl/N-ethyl adjacent to an activating group) is 1. The highest BCUT2D eigenvalue weighted by Gasteiger charge is 2.25. The largest absolute Gasteiger partial charge is 0.346 e. The molecule has 1 aromatic heterocycles. The maximum atomic E-state index is 14.3. The molecule has 0 fully saturated rings. The van der Waals surface area contributed by atoms with Crippen LogP contribution in [0.2, 0.25) is 5.02 Å². The molecule has 3 aromatic rings. The van der Waals surface area contributed by atoms with Gasteiger partial charge in [0.25, 0.3) is 5.91 Å². The van der Waals surface area contributed by atoms with Crippen molar-refractivity contribution in [3.05, 3.63) is 81.9 Å². The number of aromatic nitrogens is 2. The van der Waals surface area contributed by atoms with Gasteiger partial charge >= 0.3 is 0 Å². The zero-order chi connectivity index (χ0) is 21.1. The Morgan fingerprint density at radius 3 is 2.45 bits per heavy atom. The fourth-order valence-electron chi connectivity index (χ4n) is 3.38. The predicted octanol–water partition coefficient (Wildman–Crippen LogP) is 2.90. The summed E-state index contributed by atoms with van der Waals surface area (Å²) in [5.41, 5.74) is 3.80. The second-order valence-electron chi connectivity index (χ2n) is 7.36. The van der Waals surface area contributed by atoms with Crippen molar-refractivity contribution >= 4 is 17.5 Å². The van der Waals surface area contributed by atoms with Crippen LogP contribution >= 0.6 is 11.6 Å². The minimum absolute atomic E-state index is 0.219. The van der Waals surface area contributed by atoms with Crippen molar-refractivity contribution in [3.8, 4) is 5.69 Å². The van der Waals surface area contributed by atoms with Crippen LogP contribution in [0.3, 0.4) is 0 Å². The highest BCUT2D eigenvalue weighted by atomic mass is 35.5. The zero-order valence-corrected chi connectivity index (χ0v) is 17.7. The van der Waals surface area contributed by atoms with Crippen molar-refractivity contribution in [2.24, 2.45) is 0 Å². The first kappa shape index (κ1) is 21.0. The molecule has 0 saturated heterocycles. The molecule has 29 heavy (non-hydrogen) atoms. The molecule has 1 amide bonds. The van der Waals surface area contributed by atoms with Crippen LogP contribution in [0.25, 0.3) is 5.69 Å². The van der Waals surface area contributed by atoms with Gasteiger partial charge < -0.3 is 10.2 Å². The average Bonchev–Trinajstić information content (AvgIpc) is 3.01. The molecule has 3 rings (SSSR count). The lowest BCUT2D eigenvalue weighted by atomic mass is 10.0. The van der Waals surface area contributed by atoms with Gasteiger partial charge in [-0.1, -0.05) is 17.7 Å². The number of halogens is 2. The molecule has 0 bridgehead atoms. The first-order valence-corrected chi connectivity index (χ1v) is 9.81. The maximum Gasteiger partial charge on any atom is 0.251 e. The number of quaternary nitrogens is 1. The van der Waals surface area contributed by atoms with Crippen LogP contribution in [0.5, 0.6) is 0 Å². The van der Waals surface area contributed by atoms with Crippen LogP contribution in [0, 0.1) is 19.7 Å². The highest BCUT2D eigenvalue weighted by molar-refractivity contribution is 6.31. The Morgan fingerprint density at radius 2 is 1.90 bits per heavy atom. The standard InChI is InChI=1S/C22H24ClFN4O/c1-14-12-15(2)28(26-14)17-10-8-16(9-11-17)22(29)25-13-20(27(3)4)21-18(23)6-5-7-19(21)24/h5-12,20H,13H2,1-4H3,(H,25,29)/p+1/t20-/m1/s1. The van der Waals surface area contributed by atoms with E-state index >= 15 is 0 Å². The molecule has 0 spiro atoms. The maximum absolute atomic E-state index is 14.3. The number of benzene rings is 2. The molecule has 7 heteroatoms. The third-order valence-corrected chi connectivity index (χ3v) is 5.23. The van der Waals surface area contributed by atoms with E-state index in [1.54, 1.807) is 24.3 Å². The van der Waals surface area contributed by atoms with E-state index in [9.17, 15) is 9.18 Å². The molecule has 5 nitrogen and oxygen atoms in total. The average molecular weight is 416 g/mol. The van der Waals surface area contributed by atoms with E-state index in [2.05, 4.69) is 10.4 Å². The third kappa shape index (κ3) is 4.66. The van der Waals surface area contributed by atoms with Crippen LogP contribution in [-0.4, -0.2) is 36.3 Å². The van der Waals surface area contributed by atoms with Crippen molar-refractivity contribution in [3.63, 3.8) is 0 Å². The normalized spacial score (nSPS) is 12.2. The topological polar surface area (TPSA) is 51.4 Å². The van der Waals surface area contributed by atoms with Crippen molar-refractivity contribution in [2.75, 3.05) is 20.6 Å². The van der Waals surface area contributed by atoms with E-state index in [1.807, 2.05) is 50.8 Å². The van der Waals surface area contributed by atoms with E-state index in [4.69, 9.17) is 11.6 Å². The number of aryl methyl sites for hydroxylation is 2. The van der Waals surface area contributed by atoms with Gasteiger partial charge in [0.2, 0.25) is 0 Å². The Morgan fingerprint density at radius 1 is 1.21 bits per heavy atom. The molecule has 2 aromatic carbocycles. The minimum Gasteiger partial charge on any atom is -0.346 e. The van der Waals surface area contributed by atoms with Gasteiger partial charge in [0, 0.05) is 11.3 Å². The van der Waals surface area contributed by atoms with Crippen LogP contribution in [0.4, 0.5) is 4.39 Å². The first-order chi connectivity index (χ1) is 13.8. The second-order valence-corrected chi connectivity index (χ2v) is 7.77. The molecule has 0 aliphatic rings. The molecule has 152 valence electrons. The molecule has 1 atom stereocenters. The Hall–Kier alpha value is -2.70. The Kier molecular flexibility index (Phi) is 6.35. The van der Waals surface area contributed by atoms with E-state index in [-0.39, 0.29) is 24.3 Å². The zero-order valence-electron chi connectivity index (χ0n) is 17.0. The molecular weight excluding hydrogens is 391 g/mol. The Bertz CT molecular complexity index is 994. The van der Waals surface area contributed by atoms with Crippen molar-refractivity contribution in [1.82, 2.24) is 15.1 Å². The molecule has 1 heterocycles. The highest BCUT2D eigenvalue weighted by Crippen LogP contribution is 2.24. The summed E-state index contributed by atoms with van der Waals surface area (Å²) in [5.74, 6) is -0.587. The smallest absolute Gasteiger partial charge is 0.251 e. The summed E-state index contributed by atoms with van der Waals surface area (Å²) in [6.45, 7) is 4.19. The third-order valence-electron chi connectivity index (χ3n) is 4.90. The summed E-state index contributed by atoms with van der Waals surface area (Å²) in [4.78, 5) is 13.6. The molecule has 0 saturated carbocycles. The lowest BCUT2D eigenvalue weighted by molar-refractivity contribution is -0.890. The molecule has 0 aliphatic carbocycles. The fourth-order valence-corrected chi connectivity index (χ4v) is 3.67. The lowest BCUT2D eigenvalue weighted by Crippen LogP contribution is -3.07. The molecule has 0 radical (unpaired) electrons. The van der Waals surface area contributed by atoms with Crippen molar-refractivity contribution in [1.29, 1.82) is 0 Å². The molecule has 2 N–H and O–H groups in total. The van der Waals surface area contributed by atoms with E-state index < -0.39 is 0 Å². The van der Waals surface area contributed by atoms with Gasteiger partial charge in [-0.15, -0.1) is 0 Å². The van der Waals surface area contributed by atoms with E-state index in [0.29, 0.717) is 16.1 Å². The van der Waals surface area contributed by atoms with Gasteiger partial charge in [0.15, 0.2) is 0 Å². The van der Waals surface area contributed by atoms with Gasteiger partial charge in [-0.25, -0.2) is 9.07 Å². The summed E-state index contributed by atoms with van der Waals surface area (Å²) in [6.07, 6.45) is 0.